The van der Waals surface area contributed by atoms with Crippen molar-refractivity contribution in [1.29, 1.82) is 0 Å². The zero-order valence-electron chi connectivity index (χ0n) is 14.1. The summed E-state index contributed by atoms with van der Waals surface area (Å²) < 4.78 is 0. The number of amides is 2. The van der Waals surface area contributed by atoms with Crippen molar-refractivity contribution in [1.82, 2.24) is 10.9 Å². The second kappa shape index (κ2) is 7.62. The van der Waals surface area contributed by atoms with E-state index in [-0.39, 0.29) is 24.7 Å². The van der Waals surface area contributed by atoms with Crippen LogP contribution in [0.25, 0.3) is 10.8 Å². The van der Waals surface area contributed by atoms with Gasteiger partial charge in [-0.05, 0) is 34.4 Å². The molecule has 0 aliphatic carbocycles. The van der Waals surface area contributed by atoms with E-state index >= 15 is 0 Å². The largest absolute Gasteiger partial charge is 0.273 e. The summed E-state index contributed by atoms with van der Waals surface area (Å²) >= 11 is 0. The summed E-state index contributed by atoms with van der Waals surface area (Å²) in [4.78, 5) is 24.2. The summed E-state index contributed by atoms with van der Waals surface area (Å²) in [6.45, 7) is 1.96. The first-order valence-corrected chi connectivity index (χ1v) is 8.22. The molecule has 2 amide bonds. The van der Waals surface area contributed by atoms with Crippen LogP contribution in [0.3, 0.4) is 0 Å². The molecule has 0 aliphatic heterocycles. The Kier molecular flexibility index (Phi) is 5.09. The van der Waals surface area contributed by atoms with Crippen molar-refractivity contribution in [3.63, 3.8) is 0 Å². The molecule has 0 heterocycles. The van der Waals surface area contributed by atoms with Crippen LogP contribution in [-0.2, 0) is 22.4 Å². The molecular formula is C21H20N2O2. The predicted molar refractivity (Wildman–Crippen MR) is 98.8 cm³/mol. The molecular weight excluding hydrogens is 312 g/mol. The van der Waals surface area contributed by atoms with E-state index < -0.39 is 0 Å². The van der Waals surface area contributed by atoms with Gasteiger partial charge in [-0.3, -0.25) is 20.4 Å². The standard InChI is InChI=1S/C21H20N2O2/c1-15-7-2-3-9-17(15)13-20(24)22-23-21(25)14-18-11-6-10-16-8-4-5-12-19(16)18/h2-12H,13-14H2,1H3,(H,22,24)(H,23,25). The maximum atomic E-state index is 12.2. The number of rotatable bonds is 4. The Morgan fingerprint density at radius 1 is 0.720 bits per heavy atom. The Labute approximate surface area is 146 Å². The molecule has 2 N–H and O–H groups in total. The number of hydrogen-bond acceptors (Lipinski definition) is 2. The molecule has 0 bridgehead atoms. The van der Waals surface area contributed by atoms with E-state index in [0.717, 1.165) is 27.5 Å². The molecule has 0 saturated heterocycles. The van der Waals surface area contributed by atoms with E-state index in [4.69, 9.17) is 0 Å². The Hall–Kier alpha value is -3.14. The van der Waals surface area contributed by atoms with Crippen molar-refractivity contribution in [3.8, 4) is 0 Å². The third-order valence-electron chi connectivity index (χ3n) is 4.18. The van der Waals surface area contributed by atoms with Crippen molar-refractivity contribution in [2.24, 2.45) is 0 Å². The first kappa shape index (κ1) is 16.7. The Balaban J connectivity index is 1.57. The fourth-order valence-corrected chi connectivity index (χ4v) is 2.83. The molecule has 3 rings (SSSR count). The van der Waals surface area contributed by atoms with Crippen LogP contribution in [0.15, 0.2) is 66.7 Å². The average molecular weight is 332 g/mol. The van der Waals surface area contributed by atoms with Gasteiger partial charge in [0.05, 0.1) is 12.8 Å². The number of carbonyl (C=O) groups excluding carboxylic acids is 2. The quantitative estimate of drug-likeness (QED) is 0.721. The summed E-state index contributed by atoms with van der Waals surface area (Å²) in [5, 5.41) is 2.14. The second-order valence-corrected chi connectivity index (χ2v) is 6.01. The molecule has 4 heteroatoms. The lowest BCUT2D eigenvalue weighted by molar-refractivity contribution is -0.128. The number of aryl methyl sites for hydroxylation is 1. The van der Waals surface area contributed by atoms with Crippen molar-refractivity contribution >= 4 is 22.6 Å². The molecule has 0 aromatic heterocycles. The highest BCUT2D eigenvalue weighted by molar-refractivity contribution is 5.91. The highest BCUT2D eigenvalue weighted by Crippen LogP contribution is 2.18. The molecule has 3 aromatic carbocycles. The normalized spacial score (nSPS) is 10.4. The number of fused-ring (bicyclic) bond motifs is 1. The van der Waals surface area contributed by atoms with E-state index in [1.807, 2.05) is 73.7 Å². The Bertz CT molecular complexity index is 913. The molecule has 126 valence electrons. The molecule has 0 radical (unpaired) electrons. The first-order chi connectivity index (χ1) is 12.1. The average Bonchev–Trinajstić information content (AvgIpc) is 2.62. The van der Waals surface area contributed by atoms with Gasteiger partial charge in [-0.15, -0.1) is 0 Å². The minimum absolute atomic E-state index is 0.214. The molecule has 0 fully saturated rings. The molecule has 0 atom stereocenters. The van der Waals surface area contributed by atoms with E-state index in [1.54, 1.807) is 0 Å². The van der Waals surface area contributed by atoms with Crippen molar-refractivity contribution < 1.29 is 9.59 Å². The fourth-order valence-electron chi connectivity index (χ4n) is 2.83. The topological polar surface area (TPSA) is 58.2 Å². The number of benzene rings is 3. The van der Waals surface area contributed by atoms with Crippen LogP contribution in [0.2, 0.25) is 0 Å². The highest BCUT2D eigenvalue weighted by atomic mass is 16.2. The number of carbonyl (C=O) groups is 2. The van der Waals surface area contributed by atoms with Crippen molar-refractivity contribution in [2.45, 2.75) is 19.8 Å². The third-order valence-corrected chi connectivity index (χ3v) is 4.18. The van der Waals surface area contributed by atoms with Gasteiger partial charge in [-0.1, -0.05) is 66.7 Å². The van der Waals surface area contributed by atoms with E-state index in [2.05, 4.69) is 10.9 Å². The van der Waals surface area contributed by atoms with Crippen LogP contribution < -0.4 is 10.9 Å². The lowest BCUT2D eigenvalue weighted by Gasteiger charge is -2.10. The maximum Gasteiger partial charge on any atom is 0.242 e. The van der Waals surface area contributed by atoms with Crippen molar-refractivity contribution in [2.75, 3.05) is 0 Å². The molecule has 0 aliphatic rings. The fraction of sp³-hybridized carbons (Fsp3) is 0.143. The second-order valence-electron chi connectivity index (χ2n) is 6.01. The van der Waals surface area contributed by atoms with E-state index in [0.29, 0.717) is 0 Å². The van der Waals surface area contributed by atoms with Gasteiger partial charge in [-0.2, -0.15) is 0 Å². The van der Waals surface area contributed by atoms with E-state index in [1.165, 1.54) is 0 Å². The van der Waals surface area contributed by atoms with Gasteiger partial charge in [0.1, 0.15) is 0 Å². The minimum atomic E-state index is -0.241. The summed E-state index contributed by atoms with van der Waals surface area (Å²) in [5.74, 6) is -0.477. The number of hydrazine groups is 1. The van der Waals surface area contributed by atoms with Gasteiger partial charge in [0.25, 0.3) is 0 Å². The van der Waals surface area contributed by atoms with Crippen LogP contribution in [-0.4, -0.2) is 11.8 Å². The Morgan fingerprint density at radius 3 is 2.04 bits per heavy atom. The van der Waals surface area contributed by atoms with Gasteiger partial charge in [0.15, 0.2) is 0 Å². The third kappa shape index (κ3) is 4.23. The lowest BCUT2D eigenvalue weighted by atomic mass is 10.0. The molecule has 0 unspecified atom stereocenters. The van der Waals surface area contributed by atoms with Crippen LogP contribution >= 0.6 is 0 Å². The van der Waals surface area contributed by atoms with Gasteiger partial charge >= 0.3 is 0 Å². The van der Waals surface area contributed by atoms with Gasteiger partial charge in [0, 0.05) is 0 Å². The maximum absolute atomic E-state index is 12.2. The monoisotopic (exact) mass is 332 g/mol. The summed E-state index contributed by atoms with van der Waals surface area (Å²) in [6, 6.07) is 21.5. The highest BCUT2D eigenvalue weighted by Gasteiger charge is 2.09. The van der Waals surface area contributed by atoms with Crippen LogP contribution in [0.4, 0.5) is 0 Å². The van der Waals surface area contributed by atoms with Crippen LogP contribution in [0.5, 0.6) is 0 Å². The van der Waals surface area contributed by atoms with Gasteiger partial charge in [-0.25, -0.2) is 0 Å². The van der Waals surface area contributed by atoms with Crippen molar-refractivity contribution in [3.05, 3.63) is 83.4 Å². The molecule has 25 heavy (non-hydrogen) atoms. The van der Waals surface area contributed by atoms with Gasteiger partial charge < -0.3 is 0 Å². The molecule has 4 nitrogen and oxygen atoms in total. The molecule has 3 aromatic rings. The lowest BCUT2D eigenvalue weighted by Crippen LogP contribution is -2.43. The summed E-state index contributed by atoms with van der Waals surface area (Å²) in [5.41, 5.74) is 7.92. The number of nitrogens with one attached hydrogen (secondary N) is 2. The molecule has 0 spiro atoms. The Morgan fingerprint density at radius 2 is 1.28 bits per heavy atom. The minimum Gasteiger partial charge on any atom is -0.273 e. The van der Waals surface area contributed by atoms with Crippen LogP contribution in [0.1, 0.15) is 16.7 Å². The van der Waals surface area contributed by atoms with Crippen LogP contribution in [0, 0.1) is 6.92 Å². The number of hydrogen-bond donors (Lipinski definition) is 2. The summed E-state index contributed by atoms with van der Waals surface area (Å²) in [7, 11) is 0. The van der Waals surface area contributed by atoms with E-state index in [9.17, 15) is 9.59 Å². The smallest absolute Gasteiger partial charge is 0.242 e. The predicted octanol–water partition coefficient (Wildman–Crippen LogP) is 3.08. The van der Waals surface area contributed by atoms with Gasteiger partial charge in [0.2, 0.25) is 11.8 Å². The zero-order valence-corrected chi connectivity index (χ0v) is 14.1. The zero-order chi connectivity index (χ0) is 17.6. The first-order valence-electron chi connectivity index (χ1n) is 8.22. The molecule has 0 saturated carbocycles. The SMILES string of the molecule is Cc1ccccc1CC(=O)NNC(=O)Cc1cccc2ccccc12. The summed E-state index contributed by atoms with van der Waals surface area (Å²) in [6.07, 6.45) is 0.452.